The Bertz CT molecular complexity index is 731. The molecule has 0 unspecified atom stereocenters. The molecule has 112 valence electrons. The molecule has 0 atom stereocenters. The molecule has 2 aromatic rings. The maximum Gasteiger partial charge on any atom is 0.238 e. The van der Waals surface area contributed by atoms with E-state index in [1.807, 2.05) is 12.1 Å². The lowest BCUT2D eigenvalue weighted by molar-refractivity contribution is 0.597. The molecule has 4 nitrogen and oxygen atoms in total. The van der Waals surface area contributed by atoms with Gasteiger partial charge in [-0.25, -0.2) is 13.6 Å². The number of nitrogens with two attached hydrogens (primary N) is 1. The second-order valence-electron chi connectivity index (χ2n) is 4.51. The van der Waals surface area contributed by atoms with Crippen LogP contribution in [-0.2, 0) is 23.1 Å². The Hall–Kier alpha value is -1.11. The molecule has 7 heteroatoms. The Morgan fingerprint density at radius 2 is 1.67 bits per heavy atom. The van der Waals surface area contributed by atoms with Gasteiger partial charge >= 0.3 is 0 Å². The lowest BCUT2D eigenvalue weighted by Crippen LogP contribution is -2.14. The number of nitrogens with one attached hydrogen (secondary N) is 1. The van der Waals surface area contributed by atoms with Crippen LogP contribution in [-0.4, -0.2) is 8.42 Å². The van der Waals surface area contributed by atoms with Crippen molar-refractivity contribution < 1.29 is 8.42 Å². The van der Waals surface area contributed by atoms with Gasteiger partial charge < -0.3 is 5.32 Å². The molecule has 0 aliphatic heterocycles. The highest BCUT2D eigenvalue weighted by atomic mass is 35.5. The maximum absolute atomic E-state index is 11.1. The lowest BCUT2D eigenvalue weighted by Gasteiger charge is -2.08. The minimum Gasteiger partial charge on any atom is -0.309 e. The number of benzene rings is 2. The second-order valence-corrected chi connectivity index (χ2v) is 6.85. The average Bonchev–Trinajstić information content (AvgIpc) is 2.43. The number of hydrogen-bond donors (Lipinski definition) is 2. The highest BCUT2D eigenvalue weighted by Gasteiger charge is 2.07. The monoisotopic (exact) mass is 344 g/mol. The van der Waals surface area contributed by atoms with Gasteiger partial charge in [-0.15, -0.1) is 0 Å². The van der Waals surface area contributed by atoms with Crippen LogP contribution in [0.3, 0.4) is 0 Å². The van der Waals surface area contributed by atoms with Gasteiger partial charge in [0.2, 0.25) is 10.0 Å². The van der Waals surface area contributed by atoms with Crippen molar-refractivity contribution in [3.63, 3.8) is 0 Å². The first kappa shape index (κ1) is 16.3. The zero-order valence-corrected chi connectivity index (χ0v) is 13.3. The van der Waals surface area contributed by atoms with Crippen molar-refractivity contribution in [2.24, 2.45) is 5.14 Å². The molecule has 0 saturated carbocycles. The van der Waals surface area contributed by atoms with Gasteiger partial charge in [-0.05, 0) is 29.3 Å². The normalized spacial score (nSPS) is 11.6. The van der Waals surface area contributed by atoms with Crippen molar-refractivity contribution in [3.05, 3.63) is 63.6 Å². The summed E-state index contributed by atoms with van der Waals surface area (Å²) in [7, 11) is -3.65. The van der Waals surface area contributed by atoms with E-state index in [1.54, 1.807) is 18.2 Å². The van der Waals surface area contributed by atoms with Crippen molar-refractivity contribution in [3.8, 4) is 0 Å². The molecular weight excluding hydrogens is 331 g/mol. The van der Waals surface area contributed by atoms with E-state index >= 15 is 0 Å². The van der Waals surface area contributed by atoms with Crippen LogP contribution in [0, 0.1) is 0 Å². The van der Waals surface area contributed by atoms with Crippen LogP contribution in [0.25, 0.3) is 0 Å². The van der Waals surface area contributed by atoms with E-state index in [0.29, 0.717) is 23.1 Å². The fraction of sp³-hybridized carbons (Fsp3) is 0.143. The van der Waals surface area contributed by atoms with E-state index in [2.05, 4.69) is 5.32 Å². The Morgan fingerprint density at radius 3 is 2.29 bits per heavy atom. The van der Waals surface area contributed by atoms with Crippen LogP contribution in [0.15, 0.2) is 47.4 Å². The Labute approximate surface area is 133 Å². The first-order chi connectivity index (χ1) is 9.88. The summed E-state index contributed by atoms with van der Waals surface area (Å²) < 4.78 is 22.3. The Kier molecular flexibility index (Phi) is 5.24. The van der Waals surface area contributed by atoms with Crippen molar-refractivity contribution >= 4 is 33.2 Å². The number of rotatable bonds is 5. The molecule has 0 spiro atoms. The van der Waals surface area contributed by atoms with Gasteiger partial charge in [0.15, 0.2) is 0 Å². The predicted molar refractivity (Wildman–Crippen MR) is 84.8 cm³/mol. The highest BCUT2D eigenvalue weighted by molar-refractivity contribution is 7.89. The largest absolute Gasteiger partial charge is 0.309 e. The predicted octanol–water partition coefficient (Wildman–Crippen LogP) is 2.93. The van der Waals surface area contributed by atoms with Gasteiger partial charge in [0.05, 0.1) is 14.9 Å². The first-order valence-corrected chi connectivity index (χ1v) is 8.43. The fourth-order valence-electron chi connectivity index (χ4n) is 1.82. The smallest absolute Gasteiger partial charge is 0.238 e. The molecule has 0 radical (unpaired) electrons. The summed E-state index contributed by atoms with van der Waals surface area (Å²) in [5.74, 6) is 0. The summed E-state index contributed by atoms with van der Waals surface area (Å²) in [4.78, 5) is 0.101. The third kappa shape index (κ3) is 4.43. The van der Waals surface area contributed by atoms with Gasteiger partial charge in [-0.3, -0.25) is 0 Å². The summed E-state index contributed by atoms with van der Waals surface area (Å²) >= 11 is 12.0. The van der Waals surface area contributed by atoms with Crippen LogP contribution in [0.4, 0.5) is 0 Å². The summed E-state index contributed by atoms with van der Waals surface area (Å²) in [6.07, 6.45) is 0. The van der Waals surface area contributed by atoms with Crippen LogP contribution in [0.5, 0.6) is 0 Å². The molecule has 0 heterocycles. The SMILES string of the molecule is NS(=O)(=O)c1ccc(CNCc2cccc(Cl)c2Cl)cc1. The molecule has 0 fully saturated rings. The van der Waals surface area contributed by atoms with Crippen molar-refractivity contribution in [1.29, 1.82) is 0 Å². The van der Waals surface area contributed by atoms with E-state index in [9.17, 15) is 8.42 Å². The van der Waals surface area contributed by atoms with Gasteiger partial charge in [0, 0.05) is 13.1 Å². The molecule has 21 heavy (non-hydrogen) atoms. The second kappa shape index (κ2) is 6.77. The molecule has 0 bridgehead atoms. The van der Waals surface area contributed by atoms with Gasteiger partial charge in [-0.1, -0.05) is 47.5 Å². The van der Waals surface area contributed by atoms with Gasteiger partial charge in [0.1, 0.15) is 0 Å². The minimum absolute atomic E-state index is 0.101. The van der Waals surface area contributed by atoms with Crippen LogP contribution < -0.4 is 10.5 Å². The van der Waals surface area contributed by atoms with E-state index in [-0.39, 0.29) is 4.90 Å². The number of hydrogen-bond acceptors (Lipinski definition) is 3. The number of sulfonamides is 1. The van der Waals surface area contributed by atoms with Gasteiger partial charge in [0.25, 0.3) is 0 Å². The molecule has 3 N–H and O–H groups in total. The van der Waals surface area contributed by atoms with Crippen LogP contribution >= 0.6 is 23.2 Å². The highest BCUT2D eigenvalue weighted by Crippen LogP contribution is 2.25. The van der Waals surface area contributed by atoms with E-state index in [1.165, 1.54) is 12.1 Å². The number of halogens is 2. The summed E-state index contributed by atoms with van der Waals surface area (Å²) in [6, 6.07) is 11.9. The zero-order chi connectivity index (χ0) is 15.5. The third-order valence-corrected chi connectivity index (χ3v) is 4.72. The molecule has 2 aromatic carbocycles. The molecule has 0 aliphatic carbocycles. The van der Waals surface area contributed by atoms with Gasteiger partial charge in [-0.2, -0.15) is 0 Å². The van der Waals surface area contributed by atoms with Crippen molar-refractivity contribution in [2.75, 3.05) is 0 Å². The summed E-state index contributed by atoms with van der Waals surface area (Å²) in [5, 5.41) is 9.32. The standard InChI is InChI=1S/C14H14Cl2N2O2S/c15-13-3-1-2-11(14(13)16)9-18-8-10-4-6-12(7-5-10)21(17,19)20/h1-7,18H,8-9H2,(H2,17,19,20). The molecule has 0 aromatic heterocycles. The summed E-state index contributed by atoms with van der Waals surface area (Å²) in [5.41, 5.74) is 1.85. The van der Waals surface area contributed by atoms with Crippen molar-refractivity contribution in [1.82, 2.24) is 5.32 Å². The van der Waals surface area contributed by atoms with Crippen molar-refractivity contribution in [2.45, 2.75) is 18.0 Å². The van der Waals surface area contributed by atoms with Crippen LogP contribution in [0.1, 0.15) is 11.1 Å². The summed E-state index contributed by atoms with van der Waals surface area (Å²) in [6.45, 7) is 1.14. The Balaban J connectivity index is 1.96. The fourth-order valence-corrected chi connectivity index (χ4v) is 2.73. The van der Waals surface area contributed by atoms with E-state index in [0.717, 1.165) is 11.1 Å². The van der Waals surface area contributed by atoms with E-state index in [4.69, 9.17) is 28.3 Å². The lowest BCUT2D eigenvalue weighted by atomic mass is 10.2. The zero-order valence-electron chi connectivity index (χ0n) is 11.0. The Morgan fingerprint density at radius 1 is 1.00 bits per heavy atom. The molecule has 0 amide bonds. The molecule has 0 saturated heterocycles. The maximum atomic E-state index is 11.1. The quantitative estimate of drug-likeness (QED) is 0.875. The molecule has 0 aliphatic rings. The third-order valence-electron chi connectivity index (χ3n) is 2.93. The topological polar surface area (TPSA) is 72.2 Å². The first-order valence-electron chi connectivity index (χ1n) is 6.13. The molecule has 2 rings (SSSR count). The molecular formula is C14H14Cl2N2O2S. The van der Waals surface area contributed by atoms with Crippen LogP contribution in [0.2, 0.25) is 10.0 Å². The van der Waals surface area contributed by atoms with E-state index < -0.39 is 10.0 Å². The minimum atomic E-state index is -3.65. The average molecular weight is 345 g/mol. The number of primary sulfonamides is 1.